The fourth-order valence-electron chi connectivity index (χ4n) is 6.46. The number of amides is 2. The van der Waals surface area contributed by atoms with Crippen molar-refractivity contribution in [2.24, 2.45) is 5.41 Å². The highest BCUT2D eigenvalue weighted by atomic mass is 19.4. The van der Waals surface area contributed by atoms with Crippen LogP contribution in [0.1, 0.15) is 48.3 Å². The molecular weight excluding hydrogens is 528 g/mol. The van der Waals surface area contributed by atoms with E-state index in [1.807, 2.05) is 6.08 Å². The Bertz CT molecular complexity index is 1290. The second kappa shape index (κ2) is 11.0. The summed E-state index contributed by atoms with van der Waals surface area (Å²) >= 11 is 0. The molecule has 214 valence electrons. The van der Waals surface area contributed by atoms with E-state index in [1.165, 1.54) is 35.2 Å². The van der Waals surface area contributed by atoms with Crippen LogP contribution in [-0.2, 0) is 24.7 Å². The molecule has 0 unspecified atom stereocenters. The smallest absolute Gasteiger partial charge is 0.377 e. The summed E-state index contributed by atoms with van der Waals surface area (Å²) < 4.78 is 68.6. The molecule has 2 atom stereocenters. The number of hydrogen-bond acceptors (Lipinski definition) is 4. The van der Waals surface area contributed by atoms with Crippen molar-refractivity contribution in [3.8, 4) is 0 Å². The summed E-state index contributed by atoms with van der Waals surface area (Å²) in [7, 11) is 0.910. The summed E-state index contributed by atoms with van der Waals surface area (Å²) in [6.45, 7) is 1.26. The van der Waals surface area contributed by atoms with E-state index in [-0.39, 0.29) is 42.7 Å². The molecule has 2 aromatic carbocycles. The number of hydrogen-bond donors (Lipinski definition) is 1. The topological polar surface area (TPSA) is 67.9 Å². The van der Waals surface area contributed by atoms with Crippen LogP contribution in [0.3, 0.4) is 0 Å². The van der Waals surface area contributed by atoms with Gasteiger partial charge in [-0.05, 0) is 59.6 Å². The highest BCUT2D eigenvalue weighted by Gasteiger charge is 2.64. The average molecular weight is 561 g/mol. The van der Waals surface area contributed by atoms with Gasteiger partial charge < -0.3 is 19.7 Å². The molecule has 2 fully saturated rings. The molecule has 3 aliphatic heterocycles. The first-order chi connectivity index (χ1) is 19.1. The Kier molecular flexibility index (Phi) is 7.76. The number of alkyl halides is 3. The van der Waals surface area contributed by atoms with E-state index in [1.54, 1.807) is 18.2 Å². The molecule has 5 rings (SSSR count). The number of rotatable bonds is 5. The number of likely N-dealkylation sites (tertiary alicyclic amines) is 1. The van der Waals surface area contributed by atoms with Gasteiger partial charge in [0, 0.05) is 44.6 Å². The third-order valence-electron chi connectivity index (χ3n) is 8.68. The summed E-state index contributed by atoms with van der Waals surface area (Å²) in [6, 6.07) is 12.0. The summed E-state index contributed by atoms with van der Waals surface area (Å²) in [5.41, 5.74) is -1.72. The lowest BCUT2D eigenvalue weighted by Gasteiger charge is -2.50. The molecule has 3 aliphatic rings. The molecule has 10 heteroatoms. The van der Waals surface area contributed by atoms with Gasteiger partial charge in [0.1, 0.15) is 5.82 Å². The molecule has 0 bridgehead atoms. The van der Waals surface area contributed by atoms with Crippen LogP contribution >= 0.6 is 0 Å². The number of benzene rings is 2. The lowest BCUT2D eigenvalue weighted by molar-refractivity contribution is -0.271. The Morgan fingerprint density at radius 3 is 2.48 bits per heavy atom. The molecule has 0 aromatic heterocycles. The Morgan fingerprint density at radius 2 is 1.85 bits per heavy atom. The third-order valence-corrected chi connectivity index (χ3v) is 8.68. The van der Waals surface area contributed by atoms with Crippen molar-refractivity contribution in [2.45, 2.75) is 43.4 Å². The number of halogens is 4. The quantitative estimate of drug-likeness (QED) is 0.526. The summed E-state index contributed by atoms with van der Waals surface area (Å²) in [6.07, 6.45) is -1.79. The fourth-order valence-corrected chi connectivity index (χ4v) is 6.46. The first-order valence-corrected chi connectivity index (χ1v) is 13.4. The van der Waals surface area contributed by atoms with Gasteiger partial charge in [-0.2, -0.15) is 13.2 Å². The number of methoxy groups -OCH3 is 1. The van der Waals surface area contributed by atoms with Crippen molar-refractivity contribution >= 4 is 17.4 Å². The minimum Gasteiger partial charge on any atom is -0.377 e. The van der Waals surface area contributed by atoms with Gasteiger partial charge in [-0.3, -0.25) is 9.59 Å². The van der Waals surface area contributed by atoms with Crippen molar-refractivity contribution in [3.05, 3.63) is 77.1 Å². The summed E-state index contributed by atoms with van der Waals surface area (Å²) in [4.78, 5) is 27.5. The molecule has 2 amide bonds. The maximum absolute atomic E-state index is 14.9. The molecule has 40 heavy (non-hydrogen) atoms. The van der Waals surface area contributed by atoms with Crippen LogP contribution in [0.25, 0.3) is 5.57 Å². The van der Waals surface area contributed by atoms with Crippen molar-refractivity contribution in [1.82, 2.24) is 10.2 Å². The Morgan fingerprint density at radius 1 is 1.12 bits per heavy atom. The fraction of sp³-hybridized carbons (Fsp3) is 0.467. The van der Waals surface area contributed by atoms with Crippen molar-refractivity contribution in [1.29, 1.82) is 0 Å². The molecular formula is C30H32F4N2O4. The first-order valence-electron chi connectivity index (χ1n) is 13.4. The minimum absolute atomic E-state index is 0.0349. The van der Waals surface area contributed by atoms with Crippen LogP contribution in [0.15, 0.2) is 54.6 Å². The van der Waals surface area contributed by atoms with Crippen LogP contribution in [-0.4, -0.2) is 62.8 Å². The van der Waals surface area contributed by atoms with E-state index < -0.39 is 23.1 Å². The van der Waals surface area contributed by atoms with E-state index in [0.29, 0.717) is 44.6 Å². The molecule has 0 saturated carbocycles. The van der Waals surface area contributed by atoms with E-state index in [0.717, 1.165) is 18.2 Å². The maximum Gasteiger partial charge on any atom is 0.430 e. The summed E-state index contributed by atoms with van der Waals surface area (Å²) in [5.74, 6) is -1.84. The molecule has 3 heterocycles. The highest BCUT2D eigenvalue weighted by molar-refractivity contribution is 5.88. The first kappa shape index (κ1) is 28.3. The Hall–Kier alpha value is -3.24. The number of nitrogens with zero attached hydrogens (tertiary/aromatic N) is 1. The molecule has 0 aliphatic carbocycles. The van der Waals surface area contributed by atoms with Gasteiger partial charge >= 0.3 is 6.18 Å². The van der Waals surface area contributed by atoms with E-state index in [2.05, 4.69) is 5.32 Å². The van der Waals surface area contributed by atoms with Crippen LogP contribution in [0.2, 0.25) is 0 Å². The molecule has 0 radical (unpaired) electrons. The van der Waals surface area contributed by atoms with Crippen LogP contribution in [0.4, 0.5) is 17.6 Å². The lowest BCUT2D eigenvalue weighted by Crippen LogP contribution is -2.60. The normalized spacial score (nSPS) is 22.8. The van der Waals surface area contributed by atoms with Gasteiger partial charge in [0.15, 0.2) is 0 Å². The third kappa shape index (κ3) is 5.03. The van der Waals surface area contributed by atoms with Crippen molar-refractivity contribution < 1.29 is 36.6 Å². The van der Waals surface area contributed by atoms with E-state index in [4.69, 9.17) is 9.47 Å². The minimum atomic E-state index is -5.03. The Balaban J connectivity index is 1.44. The predicted octanol–water partition coefficient (Wildman–Crippen LogP) is 4.95. The second-order valence-corrected chi connectivity index (χ2v) is 10.8. The van der Waals surface area contributed by atoms with Gasteiger partial charge in [0.05, 0.1) is 13.2 Å². The molecule has 2 saturated heterocycles. The number of carbonyl (C=O) groups is 2. The SMILES string of the molecule is CO[C@@](C(=O)N1CCC2(CC1)CC(=O)NC[C@H]2c1ccc(F)cc1)(c1cccc(C2=CCOCC2)c1)C(F)(F)F. The van der Waals surface area contributed by atoms with Crippen molar-refractivity contribution in [2.75, 3.05) is 40.0 Å². The zero-order valence-electron chi connectivity index (χ0n) is 22.2. The van der Waals surface area contributed by atoms with Gasteiger partial charge in [-0.1, -0.05) is 36.4 Å². The van der Waals surface area contributed by atoms with Gasteiger partial charge in [0.2, 0.25) is 5.91 Å². The molecule has 6 nitrogen and oxygen atoms in total. The van der Waals surface area contributed by atoms with Crippen LogP contribution in [0.5, 0.6) is 0 Å². The zero-order chi connectivity index (χ0) is 28.5. The van der Waals surface area contributed by atoms with E-state index in [9.17, 15) is 27.2 Å². The highest BCUT2D eigenvalue weighted by Crippen LogP contribution is 2.50. The van der Waals surface area contributed by atoms with Crippen LogP contribution in [0, 0.1) is 11.2 Å². The van der Waals surface area contributed by atoms with Gasteiger partial charge in [0.25, 0.3) is 11.5 Å². The summed E-state index contributed by atoms with van der Waals surface area (Å²) in [5, 5.41) is 2.86. The monoisotopic (exact) mass is 560 g/mol. The molecule has 1 N–H and O–H groups in total. The second-order valence-electron chi connectivity index (χ2n) is 10.8. The number of carbonyl (C=O) groups excluding carboxylic acids is 2. The molecule has 1 spiro atoms. The van der Waals surface area contributed by atoms with E-state index >= 15 is 0 Å². The largest absolute Gasteiger partial charge is 0.430 e. The van der Waals surface area contributed by atoms with Gasteiger partial charge in [-0.15, -0.1) is 0 Å². The molecule has 2 aromatic rings. The standard InChI is InChI=1S/C30H32F4N2O4/c1-39-29(30(32,33)34,23-4-2-3-22(17-23)20-9-15-40-16-10-20)27(38)36-13-11-28(12-14-36)18-26(37)35-19-25(28)21-5-7-24(31)8-6-21/h2-9,17,25H,10-16,18-19H2,1H3,(H,35,37)/t25-,29+/m0/s1. The Labute approximate surface area is 230 Å². The number of nitrogens with one attached hydrogen (secondary N) is 1. The maximum atomic E-state index is 14.9. The zero-order valence-corrected chi connectivity index (χ0v) is 22.2. The lowest BCUT2D eigenvalue weighted by atomic mass is 9.62. The van der Waals surface area contributed by atoms with Crippen molar-refractivity contribution in [3.63, 3.8) is 0 Å². The number of ether oxygens (including phenoxy) is 2. The number of piperidine rings is 2. The predicted molar refractivity (Wildman–Crippen MR) is 140 cm³/mol. The van der Waals surface area contributed by atoms with Crippen LogP contribution < -0.4 is 5.32 Å². The van der Waals surface area contributed by atoms with Gasteiger partial charge in [-0.25, -0.2) is 4.39 Å². The average Bonchev–Trinajstić information content (AvgIpc) is 2.95.